The molecule has 3 N–H and O–H groups in total. The minimum atomic E-state index is -0.518. The van der Waals surface area contributed by atoms with Crippen molar-refractivity contribution in [2.45, 2.75) is 30.8 Å². The van der Waals surface area contributed by atoms with Crippen molar-refractivity contribution in [2.24, 2.45) is 5.73 Å². The fourth-order valence-corrected chi connectivity index (χ4v) is 6.23. The van der Waals surface area contributed by atoms with Crippen LogP contribution in [0.15, 0.2) is 59.8 Å². The predicted octanol–water partition coefficient (Wildman–Crippen LogP) is 4.84. The molecule has 5 rings (SSSR count). The van der Waals surface area contributed by atoms with E-state index >= 15 is 0 Å². The van der Waals surface area contributed by atoms with E-state index in [0.717, 1.165) is 41.7 Å². The highest BCUT2D eigenvalue weighted by Gasteiger charge is 2.25. The number of hydrogen-bond donors (Lipinski definition) is 2. The lowest BCUT2D eigenvalue weighted by molar-refractivity contribution is -0.113. The van der Waals surface area contributed by atoms with Crippen molar-refractivity contribution in [3.05, 3.63) is 76.4 Å². The fraction of sp³-hybridized carbons (Fsp3) is 0.200. The van der Waals surface area contributed by atoms with Gasteiger partial charge in [-0.15, -0.1) is 21.5 Å². The number of anilines is 1. The molecule has 0 radical (unpaired) electrons. The maximum atomic E-state index is 13.6. The van der Waals surface area contributed by atoms with Gasteiger partial charge in [0.2, 0.25) is 5.91 Å². The highest BCUT2D eigenvalue weighted by Crippen LogP contribution is 2.38. The molecule has 2 heterocycles. The molecule has 0 bridgehead atoms. The number of thiophene rings is 1. The Hall–Kier alpha value is -3.50. The van der Waals surface area contributed by atoms with Gasteiger partial charge in [0.15, 0.2) is 11.0 Å². The van der Waals surface area contributed by atoms with Gasteiger partial charge in [0.05, 0.1) is 11.3 Å². The number of hydrogen-bond acceptors (Lipinski definition) is 6. The quantitative estimate of drug-likeness (QED) is 0.348. The molecule has 10 heteroatoms. The smallest absolute Gasteiger partial charge is 0.251 e. The van der Waals surface area contributed by atoms with Gasteiger partial charge in [-0.05, 0) is 55.5 Å². The first-order valence-electron chi connectivity index (χ1n) is 11.1. The lowest BCUT2D eigenvalue weighted by Crippen LogP contribution is -2.19. The Balaban J connectivity index is 1.39. The molecule has 0 aliphatic heterocycles. The minimum absolute atomic E-state index is 0.0505. The van der Waals surface area contributed by atoms with Crippen LogP contribution in [0.2, 0.25) is 0 Å². The van der Waals surface area contributed by atoms with Crippen molar-refractivity contribution in [3.8, 4) is 17.1 Å². The average molecular weight is 508 g/mol. The molecule has 7 nitrogen and oxygen atoms in total. The molecule has 0 fully saturated rings. The van der Waals surface area contributed by atoms with Crippen LogP contribution in [-0.4, -0.2) is 32.3 Å². The standard InChI is InChI=1S/C25H22FN5O2S2/c26-16-10-12-17(13-11-16)31-23(15-6-2-1-3-7-15)29-30-25(31)34-14-20(32)28-24-21(22(27)33)18-8-4-5-9-19(18)35-24/h1-3,6-7,10-13H,4-5,8-9,14H2,(H2,27,33)(H,28,32). The number of nitrogens with two attached hydrogens (primary N) is 1. The SMILES string of the molecule is NC(=O)c1c(NC(=O)CSc2nnc(-c3ccccc3)n2-c2ccc(F)cc2)sc2c1CCCC2. The number of rotatable bonds is 7. The van der Waals surface area contributed by atoms with Gasteiger partial charge < -0.3 is 11.1 Å². The van der Waals surface area contributed by atoms with Crippen molar-refractivity contribution in [1.82, 2.24) is 14.8 Å². The summed E-state index contributed by atoms with van der Waals surface area (Å²) in [6.07, 6.45) is 3.78. The molecule has 2 aromatic heterocycles. The van der Waals surface area contributed by atoms with Crippen molar-refractivity contribution in [3.63, 3.8) is 0 Å². The first-order valence-corrected chi connectivity index (χ1v) is 12.9. The highest BCUT2D eigenvalue weighted by molar-refractivity contribution is 7.99. The lowest BCUT2D eigenvalue weighted by Gasteiger charge is -2.11. The first-order chi connectivity index (χ1) is 17.0. The van der Waals surface area contributed by atoms with Crippen LogP contribution >= 0.6 is 23.1 Å². The second-order valence-corrected chi connectivity index (χ2v) is 10.1. The summed E-state index contributed by atoms with van der Waals surface area (Å²) in [5, 5.41) is 12.5. The number of carbonyl (C=O) groups is 2. The number of halogens is 1. The maximum Gasteiger partial charge on any atom is 0.251 e. The fourth-order valence-electron chi connectivity index (χ4n) is 4.17. The van der Waals surface area contributed by atoms with Crippen molar-refractivity contribution in [2.75, 3.05) is 11.1 Å². The maximum absolute atomic E-state index is 13.6. The van der Waals surface area contributed by atoms with E-state index in [0.29, 0.717) is 27.2 Å². The second kappa shape index (κ2) is 10.0. The molecule has 0 spiro atoms. The summed E-state index contributed by atoms with van der Waals surface area (Å²) in [5.41, 5.74) is 8.57. The molecule has 0 unspecified atom stereocenters. The van der Waals surface area contributed by atoms with Crippen LogP contribution < -0.4 is 11.1 Å². The van der Waals surface area contributed by atoms with E-state index in [1.807, 2.05) is 30.3 Å². The number of amides is 2. The van der Waals surface area contributed by atoms with Crippen LogP contribution in [0.1, 0.15) is 33.6 Å². The Bertz CT molecular complexity index is 1380. The predicted molar refractivity (Wildman–Crippen MR) is 136 cm³/mol. The molecule has 35 heavy (non-hydrogen) atoms. The number of carbonyl (C=O) groups excluding carboxylic acids is 2. The molecule has 2 amide bonds. The van der Waals surface area contributed by atoms with E-state index in [4.69, 9.17) is 5.73 Å². The summed E-state index contributed by atoms with van der Waals surface area (Å²) in [5.74, 6) is -0.501. The number of nitrogens with one attached hydrogen (secondary N) is 1. The van der Waals surface area contributed by atoms with Crippen LogP contribution in [0.25, 0.3) is 17.1 Å². The molecule has 178 valence electrons. The summed E-state index contributed by atoms with van der Waals surface area (Å²) in [6, 6.07) is 15.6. The Labute approximate surface area is 209 Å². The number of fused-ring (bicyclic) bond motifs is 1. The lowest BCUT2D eigenvalue weighted by atomic mass is 9.95. The molecule has 4 aromatic rings. The largest absolute Gasteiger partial charge is 0.365 e. The second-order valence-electron chi connectivity index (χ2n) is 8.10. The molecule has 1 aliphatic rings. The molecule has 2 aromatic carbocycles. The number of primary amides is 1. The van der Waals surface area contributed by atoms with Crippen molar-refractivity contribution < 1.29 is 14.0 Å². The Morgan fingerprint density at radius 2 is 1.80 bits per heavy atom. The Morgan fingerprint density at radius 3 is 2.54 bits per heavy atom. The minimum Gasteiger partial charge on any atom is -0.365 e. The first kappa shape index (κ1) is 23.3. The van der Waals surface area contributed by atoms with Gasteiger partial charge in [0.1, 0.15) is 10.8 Å². The number of nitrogens with zero attached hydrogens (tertiary/aromatic N) is 3. The Kier molecular flexibility index (Phi) is 6.65. The van der Waals surface area contributed by atoms with Crippen LogP contribution in [0.3, 0.4) is 0 Å². The molecule has 0 atom stereocenters. The van der Waals surface area contributed by atoms with Crippen LogP contribution in [-0.2, 0) is 17.6 Å². The van der Waals surface area contributed by atoms with Gasteiger partial charge in [0, 0.05) is 16.1 Å². The zero-order valence-electron chi connectivity index (χ0n) is 18.7. The third-order valence-electron chi connectivity index (χ3n) is 5.75. The average Bonchev–Trinajstić information content (AvgIpc) is 3.45. The van der Waals surface area contributed by atoms with Gasteiger partial charge in [-0.1, -0.05) is 42.1 Å². The van der Waals surface area contributed by atoms with Crippen LogP contribution in [0.4, 0.5) is 9.39 Å². The van der Waals surface area contributed by atoms with E-state index in [9.17, 15) is 14.0 Å². The third-order valence-corrected chi connectivity index (χ3v) is 7.89. The molecular weight excluding hydrogens is 485 g/mol. The Morgan fingerprint density at radius 1 is 1.06 bits per heavy atom. The van der Waals surface area contributed by atoms with Crippen LogP contribution in [0.5, 0.6) is 0 Å². The molecule has 1 aliphatic carbocycles. The summed E-state index contributed by atoms with van der Waals surface area (Å²) in [4.78, 5) is 26.1. The summed E-state index contributed by atoms with van der Waals surface area (Å²) < 4.78 is 15.4. The number of aromatic nitrogens is 3. The summed E-state index contributed by atoms with van der Waals surface area (Å²) >= 11 is 2.64. The van der Waals surface area contributed by atoms with Gasteiger partial charge in [-0.3, -0.25) is 14.2 Å². The molecular formula is C25H22FN5O2S2. The van der Waals surface area contributed by atoms with Gasteiger partial charge in [0.25, 0.3) is 5.91 Å². The van der Waals surface area contributed by atoms with Crippen molar-refractivity contribution >= 4 is 39.9 Å². The monoisotopic (exact) mass is 507 g/mol. The van der Waals surface area contributed by atoms with Crippen molar-refractivity contribution in [1.29, 1.82) is 0 Å². The molecule has 0 saturated carbocycles. The van der Waals surface area contributed by atoms with E-state index in [-0.39, 0.29) is 17.5 Å². The topological polar surface area (TPSA) is 103 Å². The third kappa shape index (κ3) is 4.85. The van der Waals surface area contributed by atoms with Gasteiger partial charge in [-0.25, -0.2) is 4.39 Å². The molecule has 0 saturated heterocycles. The van der Waals surface area contributed by atoms with Gasteiger partial charge >= 0.3 is 0 Å². The van der Waals surface area contributed by atoms with E-state index < -0.39 is 5.91 Å². The highest BCUT2D eigenvalue weighted by atomic mass is 32.2. The number of thioether (sulfide) groups is 1. The van der Waals surface area contributed by atoms with Gasteiger partial charge in [-0.2, -0.15) is 0 Å². The summed E-state index contributed by atoms with van der Waals surface area (Å²) in [7, 11) is 0. The van der Waals surface area contributed by atoms with Crippen LogP contribution in [0, 0.1) is 5.82 Å². The van der Waals surface area contributed by atoms with E-state index in [1.54, 1.807) is 16.7 Å². The van der Waals surface area contributed by atoms with E-state index in [2.05, 4.69) is 15.5 Å². The normalized spacial score (nSPS) is 12.8. The zero-order chi connectivity index (χ0) is 24.4. The van der Waals surface area contributed by atoms with E-state index in [1.165, 1.54) is 35.2 Å². The summed E-state index contributed by atoms with van der Waals surface area (Å²) in [6.45, 7) is 0. The number of benzene rings is 2. The zero-order valence-corrected chi connectivity index (χ0v) is 20.3. The number of aryl methyl sites for hydroxylation is 1.